The predicted molar refractivity (Wildman–Crippen MR) is 79.3 cm³/mol. The van der Waals surface area contributed by atoms with Crippen molar-refractivity contribution >= 4 is 12.0 Å². The van der Waals surface area contributed by atoms with E-state index in [1.165, 1.54) is 5.56 Å². The van der Waals surface area contributed by atoms with Crippen LogP contribution in [0.4, 0.5) is 10.7 Å². The lowest BCUT2D eigenvalue weighted by Crippen LogP contribution is -2.61. The first kappa shape index (κ1) is 14.1. The van der Waals surface area contributed by atoms with E-state index >= 15 is 0 Å². The second-order valence-corrected chi connectivity index (χ2v) is 5.85. The summed E-state index contributed by atoms with van der Waals surface area (Å²) in [4.78, 5) is 24.8. The van der Waals surface area contributed by atoms with Crippen LogP contribution in [0.5, 0.6) is 0 Å². The lowest BCUT2D eigenvalue weighted by molar-refractivity contribution is 0.137. The number of carbonyl (C=O) groups is 1. The third-order valence-corrected chi connectivity index (χ3v) is 4.51. The summed E-state index contributed by atoms with van der Waals surface area (Å²) in [6, 6.07) is 0. The summed E-state index contributed by atoms with van der Waals surface area (Å²) in [5.74, 6) is 0.752. The average molecular weight is 290 g/mol. The fourth-order valence-corrected chi connectivity index (χ4v) is 3.16. The van der Waals surface area contributed by atoms with Gasteiger partial charge in [0.05, 0.1) is 5.54 Å². The molecule has 6 heteroatoms. The molecule has 0 bridgehead atoms. The number of piperazine rings is 1. The Balaban J connectivity index is 1.77. The molecule has 0 aromatic carbocycles. The standard InChI is InChI=1S/C15H22N4O2/c1-3-5-12-8-16-13(17-9-12)18-6-7-19-14(20)21-11-15(19,4-2)10-18/h8-9H,3-7,10-11H2,1-2H3. The van der Waals surface area contributed by atoms with E-state index in [9.17, 15) is 4.79 Å². The summed E-state index contributed by atoms with van der Waals surface area (Å²) in [5.41, 5.74) is 0.949. The molecular weight excluding hydrogens is 268 g/mol. The molecule has 3 heterocycles. The number of hydrogen-bond acceptors (Lipinski definition) is 5. The number of aromatic nitrogens is 2. The summed E-state index contributed by atoms with van der Waals surface area (Å²) in [5, 5.41) is 0. The SMILES string of the molecule is CCCc1cnc(N2CCN3C(=O)OCC3(CC)C2)nc1. The third kappa shape index (κ3) is 2.43. The van der Waals surface area contributed by atoms with Crippen LogP contribution in [0.2, 0.25) is 0 Å². The second kappa shape index (κ2) is 5.50. The Bertz CT molecular complexity index is 519. The van der Waals surface area contributed by atoms with Gasteiger partial charge in [-0.05, 0) is 18.4 Å². The lowest BCUT2D eigenvalue weighted by Gasteiger charge is -2.44. The van der Waals surface area contributed by atoms with Crippen LogP contribution in [0.1, 0.15) is 32.3 Å². The minimum atomic E-state index is -0.221. The van der Waals surface area contributed by atoms with E-state index in [0.717, 1.165) is 38.3 Å². The van der Waals surface area contributed by atoms with Crippen molar-refractivity contribution in [1.82, 2.24) is 14.9 Å². The number of rotatable bonds is 4. The number of cyclic esters (lactones) is 1. The maximum Gasteiger partial charge on any atom is 0.410 e. The highest BCUT2D eigenvalue weighted by atomic mass is 16.6. The predicted octanol–water partition coefficient (Wildman–Crippen LogP) is 1.85. The van der Waals surface area contributed by atoms with Gasteiger partial charge in [0.15, 0.2) is 0 Å². The molecule has 2 aliphatic rings. The Labute approximate surface area is 125 Å². The van der Waals surface area contributed by atoms with Crippen molar-refractivity contribution in [3.63, 3.8) is 0 Å². The fraction of sp³-hybridized carbons (Fsp3) is 0.667. The smallest absolute Gasteiger partial charge is 0.410 e. The first-order valence-electron chi connectivity index (χ1n) is 7.69. The van der Waals surface area contributed by atoms with Crippen molar-refractivity contribution < 1.29 is 9.53 Å². The van der Waals surface area contributed by atoms with Gasteiger partial charge in [-0.15, -0.1) is 0 Å². The maximum atomic E-state index is 11.8. The highest BCUT2D eigenvalue weighted by molar-refractivity contribution is 5.72. The first-order valence-corrected chi connectivity index (χ1v) is 7.69. The van der Waals surface area contributed by atoms with E-state index in [2.05, 4.69) is 28.7 Å². The molecular formula is C15H22N4O2. The molecule has 21 heavy (non-hydrogen) atoms. The molecule has 1 aromatic heterocycles. The van der Waals surface area contributed by atoms with Gasteiger partial charge in [-0.3, -0.25) is 4.90 Å². The number of hydrogen-bond donors (Lipinski definition) is 0. The summed E-state index contributed by atoms with van der Waals surface area (Å²) in [6.45, 7) is 6.88. The van der Waals surface area contributed by atoms with Gasteiger partial charge in [-0.2, -0.15) is 0 Å². The van der Waals surface area contributed by atoms with Gasteiger partial charge in [0.25, 0.3) is 0 Å². The van der Waals surface area contributed by atoms with Gasteiger partial charge < -0.3 is 9.64 Å². The van der Waals surface area contributed by atoms with Crippen LogP contribution in [0, 0.1) is 0 Å². The van der Waals surface area contributed by atoms with Crippen molar-refractivity contribution in [3.8, 4) is 0 Å². The molecule has 0 N–H and O–H groups in total. The summed E-state index contributed by atoms with van der Waals surface area (Å²) >= 11 is 0. The van der Waals surface area contributed by atoms with Crippen molar-refractivity contribution in [3.05, 3.63) is 18.0 Å². The molecule has 6 nitrogen and oxygen atoms in total. The summed E-state index contributed by atoms with van der Waals surface area (Å²) < 4.78 is 5.25. The zero-order valence-electron chi connectivity index (χ0n) is 12.7. The molecule has 0 aliphatic carbocycles. The minimum Gasteiger partial charge on any atom is -0.447 e. The molecule has 2 saturated heterocycles. The van der Waals surface area contributed by atoms with Gasteiger partial charge >= 0.3 is 6.09 Å². The molecule has 0 saturated carbocycles. The highest BCUT2D eigenvalue weighted by Gasteiger charge is 2.49. The number of ether oxygens (including phenoxy) is 1. The Morgan fingerprint density at radius 2 is 2.05 bits per heavy atom. The molecule has 2 aliphatic heterocycles. The fourth-order valence-electron chi connectivity index (χ4n) is 3.16. The maximum absolute atomic E-state index is 11.8. The van der Waals surface area contributed by atoms with E-state index in [1.54, 1.807) is 0 Å². The van der Waals surface area contributed by atoms with Crippen LogP contribution in [-0.2, 0) is 11.2 Å². The summed E-state index contributed by atoms with van der Waals surface area (Å²) in [6.07, 6.45) is 6.62. The lowest BCUT2D eigenvalue weighted by atomic mass is 9.93. The van der Waals surface area contributed by atoms with E-state index in [4.69, 9.17) is 4.74 Å². The molecule has 2 fully saturated rings. The topological polar surface area (TPSA) is 58.6 Å². The molecule has 0 spiro atoms. The highest BCUT2D eigenvalue weighted by Crippen LogP contribution is 2.32. The van der Waals surface area contributed by atoms with Crippen LogP contribution in [0.15, 0.2) is 12.4 Å². The Morgan fingerprint density at radius 3 is 2.71 bits per heavy atom. The largest absolute Gasteiger partial charge is 0.447 e. The number of aryl methyl sites for hydroxylation is 1. The molecule has 1 aromatic rings. The van der Waals surface area contributed by atoms with Crippen LogP contribution < -0.4 is 4.90 Å². The number of carbonyl (C=O) groups excluding carboxylic acids is 1. The minimum absolute atomic E-state index is 0.185. The first-order chi connectivity index (χ1) is 10.2. The Kier molecular flexibility index (Phi) is 3.69. The van der Waals surface area contributed by atoms with Crippen molar-refractivity contribution in [1.29, 1.82) is 0 Å². The van der Waals surface area contributed by atoms with Crippen LogP contribution in [-0.4, -0.2) is 52.7 Å². The molecule has 1 atom stereocenters. The third-order valence-electron chi connectivity index (χ3n) is 4.51. The van der Waals surface area contributed by atoms with E-state index in [1.807, 2.05) is 17.3 Å². The van der Waals surface area contributed by atoms with E-state index in [-0.39, 0.29) is 11.6 Å². The average Bonchev–Trinajstić information content (AvgIpc) is 2.86. The quantitative estimate of drug-likeness (QED) is 0.847. The van der Waals surface area contributed by atoms with Gasteiger partial charge in [0.2, 0.25) is 5.95 Å². The second-order valence-electron chi connectivity index (χ2n) is 5.85. The van der Waals surface area contributed by atoms with Gasteiger partial charge in [0, 0.05) is 32.0 Å². The monoisotopic (exact) mass is 290 g/mol. The van der Waals surface area contributed by atoms with Crippen LogP contribution in [0.25, 0.3) is 0 Å². The van der Waals surface area contributed by atoms with E-state index in [0.29, 0.717) is 13.2 Å². The summed E-state index contributed by atoms with van der Waals surface area (Å²) in [7, 11) is 0. The zero-order valence-corrected chi connectivity index (χ0v) is 12.7. The van der Waals surface area contributed by atoms with Crippen molar-refractivity contribution in [2.45, 2.75) is 38.6 Å². The van der Waals surface area contributed by atoms with Crippen molar-refractivity contribution in [2.24, 2.45) is 0 Å². The molecule has 1 amide bonds. The van der Waals surface area contributed by atoms with Gasteiger partial charge in [0.1, 0.15) is 6.61 Å². The Hall–Kier alpha value is -1.85. The normalized spacial score (nSPS) is 25.0. The number of nitrogens with zero attached hydrogens (tertiary/aromatic N) is 4. The molecule has 0 radical (unpaired) electrons. The van der Waals surface area contributed by atoms with Crippen LogP contribution in [0.3, 0.4) is 0 Å². The van der Waals surface area contributed by atoms with Crippen molar-refractivity contribution in [2.75, 3.05) is 31.1 Å². The van der Waals surface area contributed by atoms with Gasteiger partial charge in [-0.1, -0.05) is 20.3 Å². The number of amides is 1. The van der Waals surface area contributed by atoms with E-state index < -0.39 is 0 Å². The zero-order chi connectivity index (χ0) is 14.9. The number of anilines is 1. The van der Waals surface area contributed by atoms with Crippen LogP contribution >= 0.6 is 0 Å². The molecule has 3 rings (SSSR count). The van der Waals surface area contributed by atoms with Gasteiger partial charge in [-0.25, -0.2) is 14.8 Å². The Morgan fingerprint density at radius 1 is 1.29 bits per heavy atom. The molecule has 1 unspecified atom stereocenters. The number of fused-ring (bicyclic) bond motifs is 1. The molecule has 114 valence electrons.